The van der Waals surface area contributed by atoms with E-state index in [4.69, 9.17) is 11.6 Å². The van der Waals surface area contributed by atoms with Gasteiger partial charge in [-0.25, -0.2) is 0 Å². The number of nitrogens with one attached hydrogen (secondary N) is 1. The van der Waals surface area contributed by atoms with Crippen molar-refractivity contribution in [1.29, 1.82) is 0 Å². The Labute approximate surface area is 168 Å². The summed E-state index contributed by atoms with van der Waals surface area (Å²) in [6, 6.07) is 17.3. The summed E-state index contributed by atoms with van der Waals surface area (Å²) >= 11 is 7.40. The van der Waals surface area contributed by atoms with E-state index in [0.717, 1.165) is 28.7 Å². The summed E-state index contributed by atoms with van der Waals surface area (Å²) in [5.74, 6) is 1.03. The van der Waals surface area contributed by atoms with Crippen LogP contribution in [0.4, 0.5) is 0 Å². The van der Waals surface area contributed by atoms with E-state index in [2.05, 4.69) is 15.5 Å². The van der Waals surface area contributed by atoms with Gasteiger partial charge in [-0.1, -0.05) is 65.8 Å². The average Bonchev–Trinajstić information content (AvgIpc) is 3.10. The average molecular weight is 401 g/mol. The van der Waals surface area contributed by atoms with Crippen molar-refractivity contribution in [3.8, 4) is 11.4 Å². The van der Waals surface area contributed by atoms with Crippen molar-refractivity contribution in [2.75, 3.05) is 5.75 Å². The molecule has 0 bridgehead atoms. The molecule has 1 N–H and O–H groups in total. The molecule has 3 rings (SSSR count). The van der Waals surface area contributed by atoms with Crippen LogP contribution in [-0.4, -0.2) is 26.4 Å². The zero-order valence-electron chi connectivity index (χ0n) is 15.2. The van der Waals surface area contributed by atoms with Crippen molar-refractivity contribution in [3.63, 3.8) is 0 Å². The molecule has 27 heavy (non-hydrogen) atoms. The first kappa shape index (κ1) is 19.5. The van der Waals surface area contributed by atoms with Gasteiger partial charge in [0.25, 0.3) is 0 Å². The molecule has 0 fully saturated rings. The van der Waals surface area contributed by atoms with E-state index in [1.165, 1.54) is 11.8 Å². The third kappa shape index (κ3) is 4.90. The molecule has 1 heterocycles. The Morgan fingerprint density at radius 2 is 1.96 bits per heavy atom. The van der Waals surface area contributed by atoms with Crippen LogP contribution in [0.15, 0.2) is 59.8 Å². The Kier molecular flexibility index (Phi) is 6.53. The number of thioether (sulfide) groups is 1. The molecule has 0 saturated heterocycles. The van der Waals surface area contributed by atoms with E-state index in [0.29, 0.717) is 5.02 Å². The van der Waals surface area contributed by atoms with Gasteiger partial charge in [0, 0.05) is 17.1 Å². The van der Waals surface area contributed by atoms with Gasteiger partial charge in [-0.15, -0.1) is 10.2 Å². The van der Waals surface area contributed by atoms with Crippen LogP contribution >= 0.6 is 23.4 Å². The highest BCUT2D eigenvalue weighted by Gasteiger charge is 2.15. The number of rotatable bonds is 7. The van der Waals surface area contributed by atoms with E-state index in [-0.39, 0.29) is 17.7 Å². The maximum absolute atomic E-state index is 12.3. The van der Waals surface area contributed by atoms with Crippen LogP contribution in [0.5, 0.6) is 0 Å². The molecule has 0 aliphatic carbocycles. The summed E-state index contributed by atoms with van der Waals surface area (Å²) in [6.07, 6.45) is 0. The highest BCUT2D eigenvalue weighted by Crippen LogP contribution is 2.24. The molecule has 2 aromatic carbocycles. The molecule has 1 amide bonds. The van der Waals surface area contributed by atoms with E-state index in [9.17, 15) is 4.79 Å². The van der Waals surface area contributed by atoms with Crippen molar-refractivity contribution in [2.45, 2.75) is 31.6 Å². The van der Waals surface area contributed by atoms with Gasteiger partial charge in [0.05, 0.1) is 11.8 Å². The molecule has 0 unspecified atom stereocenters. The van der Waals surface area contributed by atoms with E-state index in [1.807, 2.05) is 73.0 Å². The fourth-order valence-electron chi connectivity index (χ4n) is 2.75. The molecule has 5 nitrogen and oxygen atoms in total. The zero-order valence-corrected chi connectivity index (χ0v) is 16.8. The van der Waals surface area contributed by atoms with Gasteiger partial charge >= 0.3 is 0 Å². The van der Waals surface area contributed by atoms with Crippen molar-refractivity contribution < 1.29 is 4.79 Å². The highest BCUT2D eigenvalue weighted by molar-refractivity contribution is 7.99. The predicted molar refractivity (Wildman–Crippen MR) is 110 cm³/mol. The first-order chi connectivity index (χ1) is 13.1. The molecule has 140 valence electrons. The maximum atomic E-state index is 12.3. The smallest absolute Gasteiger partial charge is 0.230 e. The summed E-state index contributed by atoms with van der Waals surface area (Å²) in [7, 11) is 0. The maximum Gasteiger partial charge on any atom is 0.230 e. The quantitative estimate of drug-likeness (QED) is 0.589. The second-order valence-electron chi connectivity index (χ2n) is 6.05. The number of carbonyl (C=O) groups is 1. The number of benzene rings is 2. The van der Waals surface area contributed by atoms with E-state index < -0.39 is 0 Å². The van der Waals surface area contributed by atoms with Crippen LogP contribution < -0.4 is 5.32 Å². The van der Waals surface area contributed by atoms with Gasteiger partial charge in [0.15, 0.2) is 11.0 Å². The second kappa shape index (κ2) is 9.06. The summed E-state index contributed by atoms with van der Waals surface area (Å²) in [4.78, 5) is 12.3. The number of hydrogen-bond acceptors (Lipinski definition) is 4. The number of halogens is 1. The molecule has 3 aromatic rings. The summed E-state index contributed by atoms with van der Waals surface area (Å²) in [5.41, 5.74) is 1.99. The number of aromatic nitrogens is 3. The van der Waals surface area contributed by atoms with E-state index >= 15 is 0 Å². The lowest BCUT2D eigenvalue weighted by atomic mass is 10.1. The molecule has 7 heteroatoms. The minimum atomic E-state index is -0.110. The minimum Gasteiger partial charge on any atom is -0.349 e. The number of hydrogen-bond donors (Lipinski definition) is 1. The number of carbonyl (C=O) groups excluding carboxylic acids is 1. The van der Waals surface area contributed by atoms with Gasteiger partial charge in [0.2, 0.25) is 5.91 Å². The lowest BCUT2D eigenvalue weighted by molar-refractivity contribution is -0.119. The normalized spacial score (nSPS) is 12.0. The Morgan fingerprint density at radius 1 is 1.19 bits per heavy atom. The lowest BCUT2D eigenvalue weighted by Crippen LogP contribution is -2.28. The molecule has 1 atom stereocenters. The third-order valence-corrected chi connectivity index (χ3v) is 5.33. The van der Waals surface area contributed by atoms with Crippen LogP contribution in [0.1, 0.15) is 25.5 Å². The van der Waals surface area contributed by atoms with Crippen LogP contribution in [0.2, 0.25) is 5.02 Å². The monoisotopic (exact) mass is 400 g/mol. The molecule has 0 radical (unpaired) electrons. The third-order valence-electron chi connectivity index (χ3n) is 4.12. The standard InChI is InChI=1S/C20H21ClN4OS/c1-3-25-19(15-8-5-4-6-9-15)23-24-20(25)27-13-18(26)22-14(2)16-10-7-11-17(21)12-16/h4-12,14H,3,13H2,1-2H3,(H,22,26)/t14-/m0/s1. The molecular formula is C20H21ClN4OS. The zero-order chi connectivity index (χ0) is 19.2. The number of amides is 1. The molecular weight excluding hydrogens is 380 g/mol. The van der Waals surface area contributed by atoms with Crippen molar-refractivity contribution >= 4 is 29.3 Å². The Hall–Kier alpha value is -2.31. The molecule has 1 aromatic heterocycles. The van der Waals surface area contributed by atoms with Crippen LogP contribution in [0.25, 0.3) is 11.4 Å². The highest BCUT2D eigenvalue weighted by atomic mass is 35.5. The summed E-state index contributed by atoms with van der Waals surface area (Å²) in [6.45, 7) is 4.72. The Bertz CT molecular complexity index is 913. The Balaban J connectivity index is 1.63. The first-order valence-corrected chi connectivity index (χ1v) is 10.1. The van der Waals surface area contributed by atoms with Crippen LogP contribution in [0, 0.1) is 0 Å². The summed E-state index contributed by atoms with van der Waals surface area (Å²) < 4.78 is 2.02. The predicted octanol–water partition coefficient (Wildman–Crippen LogP) is 4.59. The topological polar surface area (TPSA) is 59.8 Å². The van der Waals surface area contributed by atoms with Crippen molar-refractivity contribution in [1.82, 2.24) is 20.1 Å². The molecule has 0 aliphatic heterocycles. The van der Waals surface area contributed by atoms with Crippen LogP contribution in [0.3, 0.4) is 0 Å². The van der Waals surface area contributed by atoms with E-state index in [1.54, 1.807) is 0 Å². The fraction of sp³-hybridized carbons (Fsp3) is 0.250. The van der Waals surface area contributed by atoms with Gasteiger partial charge in [-0.3, -0.25) is 4.79 Å². The Morgan fingerprint density at radius 3 is 2.67 bits per heavy atom. The first-order valence-electron chi connectivity index (χ1n) is 8.74. The summed E-state index contributed by atoms with van der Waals surface area (Å²) in [5, 5.41) is 13.0. The van der Waals surface area contributed by atoms with Gasteiger partial charge in [0.1, 0.15) is 0 Å². The van der Waals surface area contributed by atoms with Crippen LogP contribution in [-0.2, 0) is 11.3 Å². The van der Waals surface area contributed by atoms with Gasteiger partial charge < -0.3 is 9.88 Å². The molecule has 0 saturated carbocycles. The van der Waals surface area contributed by atoms with Crippen molar-refractivity contribution in [3.05, 3.63) is 65.2 Å². The second-order valence-corrected chi connectivity index (χ2v) is 7.43. The largest absolute Gasteiger partial charge is 0.349 e. The number of nitrogens with zero attached hydrogens (tertiary/aromatic N) is 3. The van der Waals surface area contributed by atoms with Gasteiger partial charge in [-0.2, -0.15) is 0 Å². The molecule has 0 aliphatic rings. The lowest BCUT2D eigenvalue weighted by Gasteiger charge is -2.14. The molecule has 0 spiro atoms. The SMILES string of the molecule is CCn1c(SCC(=O)N[C@@H](C)c2cccc(Cl)c2)nnc1-c1ccccc1. The minimum absolute atomic E-state index is 0.0561. The fourth-order valence-corrected chi connectivity index (χ4v) is 3.77. The van der Waals surface area contributed by atoms with Crippen molar-refractivity contribution in [2.24, 2.45) is 0 Å². The van der Waals surface area contributed by atoms with Gasteiger partial charge in [-0.05, 0) is 31.5 Å².